The molecule has 21 heavy (non-hydrogen) atoms. The predicted octanol–water partition coefficient (Wildman–Crippen LogP) is 1.78. The van der Waals surface area contributed by atoms with E-state index in [1.54, 1.807) is 0 Å². The molecule has 1 aromatic heterocycles. The summed E-state index contributed by atoms with van der Waals surface area (Å²) in [7, 11) is 2.16. The summed E-state index contributed by atoms with van der Waals surface area (Å²) in [5.41, 5.74) is 3.36. The Hall–Kier alpha value is -1.40. The third kappa shape index (κ3) is 4.54. The van der Waals surface area contributed by atoms with E-state index >= 15 is 0 Å². The van der Waals surface area contributed by atoms with Gasteiger partial charge in [0.15, 0.2) is 0 Å². The molecule has 2 heterocycles. The first-order valence-electron chi connectivity index (χ1n) is 7.72. The Bertz CT molecular complexity index is 460. The van der Waals surface area contributed by atoms with Crippen molar-refractivity contribution in [3.05, 3.63) is 11.9 Å². The highest BCUT2D eigenvalue weighted by Crippen LogP contribution is 2.22. The maximum absolute atomic E-state index is 4.68. The van der Waals surface area contributed by atoms with E-state index in [9.17, 15) is 0 Å². The molecule has 1 fully saturated rings. The quantitative estimate of drug-likeness (QED) is 0.882. The van der Waals surface area contributed by atoms with Crippen LogP contribution in [0.1, 0.15) is 33.5 Å². The van der Waals surface area contributed by atoms with Crippen molar-refractivity contribution in [2.24, 2.45) is 0 Å². The van der Waals surface area contributed by atoms with Crippen molar-refractivity contribution in [3.63, 3.8) is 0 Å². The van der Waals surface area contributed by atoms with Gasteiger partial charge in [-0.25, -0.2) is 15.0 Å². The van der Waals surface area contributed by atoms with Gasteiger partial charge >= 0.3 is 0 Å². The van der Waals surface area contributed by atoms with Gasteiger partial charge in [-0.3, -0.25) is 0 Å². The van der Waals surface area contributed by atoms with Gasteiger partial charge in [0.1, 0.15) is 17.5 Å². The minimum Gasteiger partial charge on any atom is -0.370 e. The Labute approximate surface area is 127 Å². The van der Waals surface area contributed by atoms with Crippen molar-refractivity contribution in [2.75, 3.05) is 50.5 Å². The summed E-state index contributed by atoms with van der Waals surface area (Å²) >= 11 is 0. The lowest BCUT2D eigenvalue weighted by Gasteiger charge is -2.33. The van der Waals surface area contributed by atoms with Crippen LogP contribution in [-0.4, -0.2) is 59.6 Å². The molecule has 0 aliphatic carbocycles. The Balaban J connectivity index is 2.15. The summed E-state index contributed by atoms with van der Waals surface area (Å²) in [5, 5.41) is 5.51. The second-order valence-electron chi connectivity index (χ2n) is 6.64. The van der Waals surface area contributed by atoms with E-state index < -0.39 is 0 Å². The normalized spacial score (nSPS) is 17.8. The minimum atomic E-state index is -0.0655. The standard InChI is InChI=1S/C15H28N6/c1-6-16-12-11-13(18-14(17-12)15(2,3)4)19-21-9-7-20(5)8-10-21/h11H,6-10H2,1-5H3,(H2,16,17,18,19). The zero-order valence-corrected chi connectivity index (χ0v) is 13.9. The van der Waals surface area contributed by atoms with Crippen LogP contribution in [0.4, 0.5) is 11.6 Å². The van der Waals surface area contributed by atoms with Gasteiger partial charge in [-0.05, 0) is 14.0 Å². The van der Waals surface area contributed by atoms with Gasteiger partial charge in [-0.1, -0.05) is 20.8 Å². The van der Waals surface area contributed by atoms with Gasteiger partial charge in [0, 0.05) is 44.2 Å². The fourth-order valence-corrected chi connectivity index (χ4v) is 2.19. The summed E-state index contributed by atoms with van der Waals surface area (Å²) < 4.78 is 0. The molecule has 2 N–H and O–H groups in total. The van der Waals surface area contributed by atoms with Crippen molar-refractivity contribution in [1.82, 2.24) is 19.9 Å². The fourth-order valence-electron chi connectivity index (χ4n) is 2.19. The van der Waals surface area contributed by atoms with Crippen LogP contribution >= 0.6 is 0 Å². The average Bonchev–Trinajstić information content (AvgIpc) is 2.41. The van der Waals surface area contributed by atoms with Gasteiger partial charge in [0.2, 0.25) is 0 Å². The SMILES string of the molecule is CCNc1cc(NN2CCN(C)CC2)nc(C(C)(C)C)n1. The Morgan fingerprint density at radius 2 is 1.71 bits per heavy atom. The van der Waals surface area contributed by atoms with Crippen molar-refractivity contribution in [2.45, 2.75) is 33.1 Å². The molecule has 0 aromatic carbocycles. The number of rotatable bonds is 4. The lowest BCUT2D eigenvalue weighted by molar-refractivity contribution is 0.178. The number of anilines is 2. The van der Waals surface area contributed by atoms with Crippen LogP contribution < -0.4 is 10.7 Å². The number of piperazine rings is 1. The Morgan fingerprint density at radius 1 is 1.10 bits per heavy atom. The highest BCUT2D eigenvalue weighted by Gasteiger charge is 2.20. The first kappa shape index (κ1) is 16.0. The molecule has 1 aliphatic rings. The van der Waals surface area contributed by atoms with Crippen LogP contribution in [0.25, 0.3) is 0 Å². The van der Waals surface area contributed by atoms with E-state index in [4.69, 9.17) is 0 Å². The van der Waals surface area contributed by atoms with Crippen molar-refractivity contribution >= 4 is 11.6 Å². The van der Waals surface area contributed by atoms with Gasteiger partial charge in [-0.15, -0.1) is 0 Å². The first-order valence-corrected chi connectivity index (χ1v) is 7.72. The van der Waals surface area contributed by atoms with Gasteiger partial charge in [-0.2, -0.15) is 0 Å². The molecule has 6 nitrogen and oxygen atoms in total. The molecule has 2 rings (SSSR count). The molecule has 0 amide bonds. The summed E-state index contributed by atoms with van der Waals surface area (Å²) in [6.45, 7) is 13.5. The van der Waals surface area contributed by atoms with Crippen molar-refractivity contribution in [1.29, 1.82) is 0 Å². The number of nitrogens with zero attached hydrogens (tertiary/aromatic N) is 4. The number of nitrogens with one attached hydrogen (secondary N) is 2. The molecular weight excluding hydrogens is 264 g/mol. The molecule has 0 atom stereocenters. The molecule has 6 heteroatoms. The number of hydrazine groups is 1. The Morgan fingerprint density at radius 3 is 2.29 bits per heavy atom. The van der Waals surface area contributed by atoms with Gasteiger partial charge < -0.3 is 15.6 Å². The number of aromatic nitrogens is 2. The predicted molar refractivity (Wildman–Crippen MR) is 87.6 cm³/mol. The van der Waals surface area contributed by atoms with Gasteiger partial charge in [0.05, 0.1) is 0 Å². The smallest absolute Gasteiger partial charge is 0.146 e. The highest BCUT2D eigenvalue weighted by molar-refractivity contribution is 5.47. The minimum absolute atomic E-state index is 0.0655. The molecule has 1 saturated heterocycles. The molecular formula is C15H28N6. The van der Waals surface area contributed by atoms with E-state index in [2.05, 4.69) is 65.4 Å². The number of likely N-dealkylation sites (N-methyl/N-ethyl adjacent to an activating group) is 1. The Kier molecular flexibility index (Phi) is 5.00. The summed E-state index contributed by atoms with van der Waals surface area (Å²) in [6.07, 6.45) is 0. The molecule has 0 saturated carbocycles. The summed E-state index contributed by atoms with van der Waals surface area (Å²) in [4.78, 5) is 11.6. The maximum atomic E-state index is 4.68. The van der Waals surface area contributed by atoms with E-state index in [1.165, 1.54) is 0 Å². The monoisotopic (exact) mass is 292 g/mol. The van der Waals surface area contributed by atoms with E-state index in [0.717, 1.165) is 50.2 Å². The van der Waals surface area contributed by atoms with E-state index in [0.29, 0.717) is 0 Å². The fraction of sp³-hybridized carbons (Fsp3) is 0.733. The molecule has 0 unspecified atom stereocenters. The van der Waals surface area contributed by atoms with Crippen LogP contribution in [-0.2, 0) is 5.41 Å². The lowest BCUT2D eigenvalue weighted by atomic mass is 9.96. The zero-order chi connectivity index (χ0) is 15.5. The first-order chi connectivity index (χ1) is 9.88. The molecule has 0 radical (unpaired) electrons. The van der Waals surface area contributed by atoms with Gasteiger partial charge in [0.25, 0.3) is 0 Å². The largest absolute Gasteiger partial charge is 0.370 e. The third-order valence-electron chi connectivity index (χ3n) is 3.53. The summed E-state index contributed by atoms with van der Waals surface area (Å²) in [6, 6.07) is 1.98. The second kappa shape index (κ2) is 6.58. The summed E-state index contributed by atoms with van der Waals surface area (Å²) in [5.74, 6) is 2.61. The van der Waals surface area contributed by atoms with E-state index in [-0.39, 0.29) is 5.41 Å². The number of hydrogen-bond acceptors (Lipinski definition) is 6. The third-order valence-corrected chi connectivity index (χ3v) is 3.53. The van der Waals surface area contributed by atoms with Crippen molar-refractivity contribution < 1.29 is 0 Å². The zero-order valence-electron chi connectivity index (χ0n) is 13.9. The van der Waals surface area contributed by atoms with Crippen LogP contribution in [0.15, 0.2) is 6.07 Å². The van der Waals surface area contributed by atoms with Crippen LogP contribution in [0, 0.1) is 0 Å². The molecule has 1 aromatic rings. The topological polar surface area (TPSA) is 56.3 Å². The maximum Gasteiger partial charge on any atom is 0.146 e. The molecule has 118 valence electrons. The highest BCUT2D eigenvalue weighted by atomic mass is 15.5. The molecule has 0 spiro atoms. The number of hydrogen-bond donors (Lipinski definition) is 2. The second-order valence-corrected chi connectivity index (χ2v) is 6.64. The lowest BCUT2D eigenvalue weighted by Crippen LogP contribution is -2.47. The van der Waals surface area contributed by atoms with Crippen LogP contribution in [0.2, 0.25) is 0 Å². The molecule has 0 bridgehead atoms. The van der Waals surface area contributed by atoms with E-state index in [1.807, 2.05) is 6.07 Å². The van der Waals surface area contributed by atoms with Crippen LogP contribution in [0.5, 0.6) is 0 Å². The molecule has 1 aliphatic heterocycles. The van der Waals surface area contributed by atoms with Crippen molar-refractivity contribution in [3.8, 4) is 0 Å². The average molecular weight is 292 g/mol. The van der Waals surface area contributed by atoms with Crippen LogP contribution in [0.3, 0.4) is 0 Å².